The van der Waals surface area contributed by atoms with Crippen LogP contribution >= 0.6 is 0 Å². The molecule has 25 heavy (non-hydrogen) atoms. The van der Waals surface area contributed by atoms with E-state index in [2.05, 4.69) is 36.0 Å². The molecule has 0 saturated heterocycles. The van der Waals surface area contributed by atoms with Crippen LogP contribution < -0.4 is 15.5 Å². The Balaban J connectivity index is 2.22. The van der Waals surface area contributed by atoms with E-state index < -0.39 is 0 Å². The third kappa shape index (κ3) is 4.62. The van der Waals surface area contributed by atoms with Crippen LogP contribution in [0.1, 0.15) is 45.1 Å². The highest BCUT2D eigenvalue weighted by atomic mass is 16.2. The highest BCUT2D eigenvalue weighted by Gasteiger charge is 2.34. The van der Waals surface area contributed by atoms with Crippen molar-refractivity contribution in [1.82, 2.24) is 10.6 Å². The highest BCUT2D eigenvalue weighted by Crippen LogP contribution is 2.38. The maximum absolute atomic E-state index is 12.7. The minimum atomic E-state index is -0.173. The lowest BCUT2D eigenvalue weighted by atomic mass is 9.85. The first kappa shape index (κ1) is 19.0. The van der Waals surface area contributed by atoms with E-state index in [-0.39, 0.29) is 36.4 Å². The number of hydrogen-bond donors (Lipinski definition) is 2. The Hall–Kier alpha value is -2.30. The molecular formula is C20H29N3O2. The van der Waals surface area contributed by atoms with Crippen LogP contribution in [0.3, 0.4) is 0 Å². The zero-order valence-electron chi connectivity index (χ0n) is 15.4. The second-order valence-electron chi connectivity index (χ2n) is 6.73. The van der Waals surface area contributed by atoms with Crippen molar-refractivity contribution in [2.45, 2.75) is 51.6 Å². The maximum Gasteiger partial charge on any atom is 0.239 e. The molecule has 0 bridgehead atoms. The summed E-state index contributed by atoms with van der Waals surface area (Å²) in [6.45, 7) is 10.5. The summed E-state index contributed by atoms with van der Waals surface area (Å²) in [7, 11) is 0. The molecule has 0 aromatic heterocycles. The number of nitrogens with zero attached hydrogens (tertiary/aromatic N) is 1. The number of para-hydroxylation sites is 1. The zero-order chi connectivity index (χ0) is 18.4. The average Bonchev–Trinajstić information content (AvgIpc) is 2.61. The van der Waals surface area contributed by atoms with Crippen molar-refractivity contribution >= 4 is 17.5 Å². The molecule has 0 fully saturated rings. The van der Waals surface area contributed by atoms with Gasteiger partial charge in [0.1, 0.15) is 0 Å². The van der Waals surface area contributed by atoms with E-state index in [1.165, 1.54) is 0 Å². The Morgan fingerprint density at radius 1 is 1.40 bits per heavy atom. The molecule has 0 aliphatic carbocycles. The molecular weight excluding hydrogens is 314 g/mol. The van der Waals surface area contributed by atoms with Crippen molar-refractivity contribution in [3.05, 3.63) is 42.5 Å². The van der Waals surface area contributed by atoms with E-state index in [1.807, 2.05) is 31.2 Å². The molecule has 3 atom stereocenters. The van der Waals surface area contributed by atoms with Gasteiger partial charge in [-0.2, -0.15) is 0 Å². The molecule has 0 saturated carbocycles. The second-order valence-corrected chi connectivity index (χ2v) is 6.73. The summed E-state index contributed by atoms with van der Waals surface area (Å²) in [6.07, 6.45) is 3.28. The normalized spacial score (nSPS) is 20.4. The molecule has 0 spiro atoms. The Morgan fingerprint density at radius 3 is 2.80 bits per heavy atom. The highest BCUT2D eigenvalue weighted by molar-refractivity contribution is 5.88. The van der Waals surface area contributed by atoms with Crippen LogP contribution in [-0.2, 0) is 9.59 Å². The number of benzene rings is 1. The topological polar surface area (TPSA) is 61.4 Å². The van der Waals surface area contributed by atoms with E-state index in [0.717, 1.165) is 17.7 Å². The fraction of sp³-hybridized carbons (Fsp3) is 0.500. The van der Waals surface area contributed by atoms with Crippen LogP contribution in [0.5, 0.6) is 0 Å². The van der Waals surface area contributed by atoms with Crippen LogP contribution in [0, 0.1) is 0 Å². The molecule has 0 radical (unpaired) electrons. The van der Waals surface area contributed by atoms with E-state index in [9.17, 15) is 9.59 Å². The summed E-state index contributed by atoms with van der Waals surface area (Å²) in [5, 5.41) is 5.92. The van der Waals surface area contributed by atoms with Gasteiger partial charge in [-0.25, -0.2) is 0 Å². The summed E-state index contributed by atoms with van der Waals surface area (Å²) in [5.74, 6) is -0.138. The standard InChI is InChI=1S/C20H29N3O2/c1-5-11-21-19(24)13-23-15(4)12-17(20(25)22-14(3)6-2)16-9-7-8-10-18(16)23/h5,7-10,14-15,17H,1,6,11-13H2,2-4H3,(H,21,24)(H,22,25)/t14-,15+,17-/m1/s1. The number of rotatable bonds is 7. The minimum absolute atomic E-state index is 0.0379. The molecule has 1 aliphatic rings. The van der Waals surface area contributed by atoms with E-state index >= 15 is 0 Å². The fourth-order valence-corrected chi connectivity index (χ4v) is 3.21. The quantitative estimate of drug-likeness (QED) is 0.748. The van der Waals surface area contributed by atoms with Crippen molar-refractivity contribution in [3.8, 4) is 0 Å². The van der Waals surface area contributed by atoms with E-state index in [0.29, 0.717) is 13.0 Å². The molecule has 1 heterocycles. The predicted molar refractivity (Wildman–Crippen MR) is 102 cm³/mol. The molecule has 0 unspecified atom stereocenters. The summed E-state index contributed by atoms with van der Waals surface area (Å²) < 4.78 is 0. The molecule has 2 amide bonds. The van der Waals surface area contributed by atoms with E-state index in [4.69, 9.17) is 0 Å². The first-order valence-electron chi connectivity index (χ1n) is 9.01. The predicted octanol–water partition coefficient (Wildman–Crippen LogP) is 2.59. The number of hydrogen-bond acceptors (Lipinski definition) is 3. The van der Waals surface area contributed by atoms with Crippen LogP contribution in [0.25, 0.3) is 0 Å². The van der Waals surface area contributed by atoms with E-state index in [1.54, 1.807) is 6.08 Å². The third-order valence-corrected chi connectivity index (χ3v) is 4.81. The Bertz CT molecular complexity index is 629. The summed E-state index contributed by atoms with van der Waals surface area (Å²) in [5.41, 5.74) is 1.97. The van der Waals surface area contributed by atoms with Gasteiger partial charge in [0.25, 0.3) is 0 Å². The van der Waals surface area contributed by atoms with Gasteiger partial charge in [-0.1, -0.05) is 31.2 Å². The summed E-state index contributed by atoms with van der Waals surface area (Å²) >= 11 is 0. The Kier molecular flexibility index (Phi) is 6.62. The average molecular weight is 343 g/mol. The fourth-order valence-electron chi connectivity index (χ4n) is 3.21. The Labute approximate surface area is 150 Å². The SMILES string of the molecule is C=CCNC(=O)CN1c2ccccc2[C@H](C(=O)N[C@H](C)CC)C[C@@H]1C. The van der Waals surface area contributed by atoms with Crippen LogP contribution in [0.4, 0.5) is 5.69 Å². The lowest BCUT2D eigenvalue weighted by Gasteiger charge is -2.40. The van der Waals surface area contributed by atoms with Crippen LogP contribution in [0.2, 0.25) is 0 Å². The first-order chi connectivity index (χ1) is 12.0. The molecule has 136 valence electrons. The number of carbonyl (C=O) groups is 2. The monoisotopic (exact) mass is 343 g/mol. The zero-order valence-corrected chi connectivity index (χ0v) is 15.4. The van der Waals surface area contributed by atoms with Crippen molar-refractivity contribution in [1.29, 1.82) is 0 Å². The molecule has 5 heteroatoms. The minimum Gasteiger partial charge on any atom is -0.359 e. The van der Waals surface area contributed by atoms with Gasteiger partial charge in [0.2, 0.25) is 11.8 Å². The number of anilines is 1. The van der Waals surface area contributed by atoms with Gasteiger partial charge in [0, 0.05) is 24.3 Å². The maximum atomic E-state index is 12.7. The van der Waals surface area contributed by atoms with Gasteiger partial charge in [-0.05, 0) is 38.3 Å². The first-order valence-corrected chi connectivity index (χ1v) is 9.01. The lowest BCUT2D eigenvalue weighted by Crippen LogP contribution is -2.47. The van der Waals surface area contributed by atoms with Gasteiger partial charge < -0.3 is 15.5 Å². The smallest absolute Gasteiger partial charge is 0.239 e. The largest absolute Gasteiger partial charge is 0.359 e. The molecule has 1 aliphatic heterocycles. The number of fused-ring (bicyclic) bond motifs is 1. The van der Waals surface area contributed by atoms with Crippen molar-refractivity contribution < 1.29 is 9.59 Å². The molecule has 2 rings (SSSR count). The molecule has 5 nitrogen and oxygen atoms in total. The number of amides is 2. The molecule has 1 aromatic carbocycles. The third-order valence-electron chi connectivity index (χ3n) is 4.81. The number of nitrogens with one attached hydrogen (secondary N) is 2. The molecule has 2 N–H and O–H groups in total. The Morgan fingerprint density at radius 2 is 2.12 bits per heavy atom. The van der Waals surface area contributed by atoms with Gasteiger partial charge in [0.05, 0.1) is 12.5 Å². The van der Waals surface area contributed by atoms with Gasteiger partial charge in [-0.3, -0.25) is 9.59 Å². The molecule has 1 aromatic rings. The van der Waals surface area contributed by atoms with Crippen molar-refractivity contribution in [2.75, 3.05) is 18.0 Å². The van der Waals surface area contributed by atoms with Crippen molar-refractivity contribution in [3.63, 3.8) is 0 Å². The van der Waals surface area contributed by atoms with Crippen LogP contribution in [0.15, 0.2) is 36.9 Å². The van der Waals surface area contributed by atoms with Crippen LogP contribution in [-0.4, -0.2) is 37.0 Å². The van der Waals surface area contributed by atoms with Gasteiger partial charge in [-0.15, -0.1) is 6.58 Å². The summed E-state index contributed by atoms with van der Waals surface area (Å²) in [4.78, 5) is 27.0. The lowest BCUT2D eigenvalue weighted by molar-refractivity contribution is -0.123. The van der Waals surface area contributed by atoms with Crippen molar-refractivity contribution in [2.24, 2.45) is 0 Å². The number of carbonyl (C=O) groups excluding carboxylic acids is 2. The summed E-state index contributed by atoms with van der Waals surface area (Å²) in [6, 6.07) is 8.17. The second kappa shape index (κ2) is 8.70. The van der Waals surface area contributed by atoms with Gasteiger partial charge in [0.15, 0.2) is 0 Å². The van der Waals surface area contributed by atoms with Gasteiger partial charge >= 0.3 is 0 Å².